The number of hydrogen-bond donors (Lipinski definition) is 2. The first-order valence-electron chi connectivity index (χ1n) is 7.09. The second kappa shape index (κ2) is 8.17. The number of benzene rings is 1. The summed E-state index contributed by atoms with van der Waals surface area (Å²) in [5, 5.41) is 18.2. The van der Waals surface area contributed by atoms with E-state index in [4.69, 9.17) is 14.9 Å². The van der Waals surface area contributed by atoms with E-state index in [-0.39, 0.29) is 17.5 Å². The SMILES string of the molecule is CC(C)CCCC(OC(=O)c1ccccc1C(=O)O)C(=O)O. The van der Waals surface area contributed by atoms with E-state index in [1.165, 1.54) is 24.3 Å². The number of carboxylic acids is 2. The van der Waals surface area contributed by atoms with E-state index in [2.05, 4.69) is 0 Å². The molecule has 0 amide bonds. The summed E-state index contributed by atoms with van der Waals surface area (Å²) in [6, 6.07) is 5.56. The zero-order valence-corrected chi connectivity index (χ0v) is 12.6. The zero-order chi connectivity index (χ0) is 16.7. The summed E-state index contributed by atoms with van der Waals surface area (Å²) in [4.78, 5) is 34.3. The zero-order valence-electron chi connectivity index (χ0n) is 12.6. The van der Waals surface area contributed by atoms with E-state index in [9.17, 15) is 14.4 Å². The van der Waals surface area contributed by atoms with Gasteiger partial charge in [0.2, 0.25) is 0 Å². The van der Waals surface area contributed by atoms with Gasteiger partial charge in [0.05, 0.1) is 11.1 Å². The van der Waals surface area contributed by atoms with Crippen molar-refractivity contribution < 1.29 is 29.3 Å². The molecule has 0 aromatic heterocycles. The predicted octanol–water partition coefficient (Wildman–Crippen LogP) is 2.82. The van der Waals surface area contributed by atoms with Gasteiger partial charge >= 0.3 is 17.9 Å². The molecule has 6 heteroatoms. The van der Waals surface area contributed by atoms with Gasteiger partial charge in [-0.05, 0) is 30.9 Å². The summed E-state index contributed by atoms with van der Waals surface area (Å²) in [7, 11) is 0. The fraction of sp³-hybridized carbons (Fsp3) is 0.438. The average molecular weight is 308 g/mol. The van der Waals surface area contributed by atoms with Gasteiger partial charge in [-0.2, -0.15) is 0 Å². The Morgan fingerprint density at radius 3 is 2.14 bits per heavy atom. The summed E-state index contributed by atoms with van der Waals surface area (Å²) in [6.07, 6.45) is 0.373. The Balaban J connectivity index is 2.79. The van der Waals surface area contributed by atoms with Gasteiger partial charge in [0, 0.05) is 0 Å². The molecule has 0 aliphatic carbocycles. The van der Waals surface area contributed by atoms with Crippen molar-refractivity contribution in [3.63, 3.8) is 0 Å². The Morgan fingerprint density at radius 1 is 1.05 bits per heavy atom. The van der Waals surface area contributed by atoms with Crippen molar-refractivity contribution >= 4 is 17.9 Å². The lowest BCUT2D eigenvalue weighted by molar-refractivity contribution is -0.147. The van der Waals surface area contributed by atoms with Crippen LogP contribution in [0.3, 0.4) is 0 Å². The number of aromatic carboxylic acids is 1. The normalized spacial score (nSPS) is 12.0. The largest absolute Gasteiger partial charge is 0.479 e. The fourth-order valence-corrected chi connectivity index (χ4v) is 1.98. The molecule has 6 nitrogen and oxygen atoms in total. The van der Waals surface area contributed by atoms with Crippen LogP contribution < -0.4 is 0 Å². The quantitative estimate of drug-likeness (QED) is 0.716. The van der Waals surface area contributed by atoms with Crippen molar-refractivity contribution in [2.24, 2.45) is 5.92 Å². The van der Waals surface area contributed by atoms with Crippen molar-refractivity contribution in [2.45, 2.75) is 39.2 Å². The molecule has 0 saturated carbocycles. The van der Waals surface area contributed by atoms with E-state index in [0.29, 0.717) is 12.3 Å². The Morgan fingerprint density at radius 2 is 1.64 bits per heavy atom. The number of ether oxygens (including phenoxy) is 1. The van der Waals surface area contributed by atoms with Gasteiger partial charge in [0.25, 0.3) is 0 Å². The van der Waals surface area contributed by atoms with Gasteiger partial charge in [-0.1, -0.05) is 32.4 Å². The summed E-state index contributed by atoms with van der Waals surface area (Å²) in [5.74, 6) is -3.00. The molecule has 1 rings (SSSR count). The maximum atomic E-state index is 12.0. The molecule has 0 fully saturated rings. The molecule has 0 spiro atoms. The van der Waals surface area contributed by atoms with Crippen molar-refractivity contribution in [1.29, 1.82) is 0 Å². The lowest BCUT2D eigenvalue weighted by Gasteiger charge is -2.15. The Hall–Kier alpha value is -2.37. The molecule has 1 aromatic rings. The minimum absolute atomic E-state index is 0.148. The van der Waals surface area contributed by atoms with E-state index in [1.54, 1.807) is 0 Å². The number of carbonyl (C=O) groups is 3. The molecule has 22 heavy (non-hydrogen) atoms. The molecule has 1 atom stereocenters. The van der Waals surface area contributed by atoms with Crippen molar-refractivity contribution in [3.8, 4) is 0 Å². The first-order chi connectivity index (χ1) is 10.3. The van der Waals surface area contributed by atoms with Crippen LogP contribution in [0.4, 0.5) is 0 Å². The highest BCUT2D eigenvalue weighted by Crippen LogP contribution is 2.15. The highest BCUT2D eigenvalue weighted by atomic mass is 16.6. The molecule has 0 bridgehead atoms. The van der Waals surface area contributed by atoms with Crippen LogP contribution in [0.15, 0.2) is 24.3 Å². The highest BCUT2D eigenvalue weighted by molar-refractivity contribution is 6.02. The molecular formula is C16H20O6. The molecule has 0 heterocycles. The van der Waals surface area contributed by atoms with Gasteiger partial charge < -0.3 is 14.9 Å². The van der Waals surface area contributed by atoms with Crippen molar-refractivity contribution in [2.75, 3.05) is 0 Å². The lowest BCUT2D eigenvalue weighted by atomic mass is 10.0. The number of hydrogen-bond acceptors (Lipinski definition) is 4. The van der Waals surface area contributed by atoms with Crippen LogP contribution in [-0.2, 0) is 9.53 Å². The summed E-state index contributed by atoms with van der Waals surface area (Å²) in [5.41, 5.74) is -0.357. The number of carboxylic acid groups (broad SMARTS) is 2. The second-order valence-electron chi connectivity index (χ2n) is 5.41. The van der Waals surface area contributed by atoms with Gasteiger partial charge in [-0.25, -0.2) is 14.4 Å². The number of rotatable bonds is 8. The van der Waals surface area contributed by atoms with E-state index >= 15 is 0 Å². The van der Waals surface area contributed by atoms with Crippen LogP contribution in [0.25, 0.3) is 0 Å². The minimum Gasteiger partial charge on any atom is -0.479 e. The Kier molecular flexibility index (Phi) is 6.56. The van der Waals surface area contributed by atoms with Crippen LogP contribution >= 0.6 is 0 Å². The Bertz CT molecular complexity index is 549. The third-order valence-electron chi connectivity index (χ3n) is 3.15. The van der Waals surface area contributed by atoms with Crippen LogP contribution in [0.5, 0.6) is 0 Å². The number of aliphatic carboxylic acids is 1. The third-order valence-corrected chi connectivity index (χ3v) is 3.15. The van der Waals surface area contributed by atoms with Gasteiger partial charge in [-0.3, -0.25) is 0 Å². The molecule has 0 aliphatic heterocycles. The molecule has 1 aromatic carbocycles. The topological polar surface area (TPSA) is 101 Å². The van der Waals surface area contributed by atoms with E-state index in [0.717, 1.165) is 6.42 Å². The maximum Gasteiger partial charge on any atom is 0.345 e. The maximum absolute atomic E-state index is 12.0. The van der Waals surface area contributed by atoms with Crippen LogP contribution in [0.2, 0.25) is 0 Å². The molecule has 2 N–H and O–H groups in total. The molecule has 120 valence electrons. The highest BCUT2D eigenvalue weighted by Gasteiger charge is 2.25. The molecule has 0 radical (unpaired) electrons. The Labute approximate surface area is 128 Å². The summed E-state index contributed by atoms with van der Waals surface area (Å²) < 4.78 is 4.97. The lowest BCUT2D eigenvalue weighted by Crippen LogP contribution is -2.28. The first-order valence-corrected chi connectivity index (χ1v) is 7.09. The minimum atomic E-state index is -1.27. The first kappa shape index (κ1) is 17.7. The molecule has 1 unspecified atom stereocenters. The smallest absolute Gasteiger partial charge is 0.345 e. The number of esters is 1. The van der Waals surface area contributed by atoms with Gasteiger partial charge in [0.15, 0.2) is 6.10 Å². The monoisotopic (exact) mass is 308 g/mol. The summed E-state index contributed by atoms with van der Waals surface area (Å²) >= 11 is 0. The third kappa shape index (κ3) is 5.20. The van der Waals surface area contributed by atoms with Gasteiger partial charge in [0.1, 0.15) is 0 Å². The summed E-state index contributed by atoms with van der Waals surface area (Å²) in [6.45, 7) is 4.04. The van der Waals surface area contributed by atoms with E-state index in [1.807, 2.05) is 13.8 Å². The molecular weight excluding hydrogens is 288 g/mol. The van der Waals surface area contributed by atoms with Crippen LogP contribution in [0.1, 0.15) is 53.8 Å². The predicted molar refractivity (Wildman–Crippen MR) is 78.9 cm³/mol. The standard InChI is InChI=1S/C16H20O6/c1-10(2)6-5-9-13(15(19)20)22-16(21)12-8-4-3-7-11(12)14(17)18/h3-4,7-8,10,13H,5-6,9H2,1-2H3,(H,17,18)(H,19,20). The van der Waals surface area contributed by atoms with E-state index < -0.39 is 24.0 Å². The van der Waals surface area contributed by atoms with Crippen molar-refractivity contribution in [1.82, 2.24) is 0 Å². The average Bonchev–Trinajstić information content (AvgIpc) is 2.45. The second-order valence-corrected chi connectivity index (χ2v) is 5.41. The molecule has 0 saturated heterocycles. The number of carbonyl (C=O) groups excluding carboxylic acids is 1. The fourth-order valence-electron chi connectivity index (χ4n) is 1.98. The van der Waals surface area contributed by atoms with Crippen LogP contribution in [-0.4, -0.2) is 34.2 Å². The molecule has 0 aliphatic rings. The van der Waals surface area contributed by atoms with Crippen molar-refractivity contribution in [3.05, 3.63) is 35.4 Å². The van der Waals surface area contributed by atoms with Gasteiger partial charge in [-0.15, -0.1) is 0 Å². The van der Waals surface area contributed by atoms with Crippen LogP contribution in [0, 0.1) is 5.92 Å².